The van der Waals surface area contributed by atoms with E-state index in [1.165, 1.54) is 6.92 Å². The molecule has 5 heteroatoms. The molecule has 0 aromatic rings. The molecule has 0 rings (SSSR count). The average molecular weight is 120 g/mol. The Bertz CT molecular complexity index is 70.5. The van der Waals surface area contributed by atoms with Crippen LogP contribution in [0.2, 0.25) is 0 Å². The Balaban J connectivity index is 0. The predicted molar refractivity (Wildman–Crippen MR) is 27.1 cm³/mol. The number of rotatable bonds is 0. The van der Waals surface area contributed by atoms with Crippen LogP contribution in [0.1, 0.15) is 6.92 Å². The van der Waals surface area contributed by atoms with Crippen LogP contribution in [0.4, 0.5) is 4.79 Å². The van der Waals surface area contributed by atoms with E-state index >= 15 is 0 Å². The minimum atomic E-state index is -1.33. The molecule has 5 nitrogen and oxygen atoms in total. The number of carbonyl (C=O) groups excluding carboxylic acids is 1. The van der Waals surface area contributed by atoms with Crippen LogP contribution in [0.15, 0.2) is 0 Å². The molecule has 0 atom stereocenters. The molecule has 0 aliphatic carbocycles. The van der Waals surface area contributed by atoms with Crippen LogP contribution in [0.3, 0.4) is 0 Å². The number of nitrogens with two attached hydrogens (primary N) is 2. The fourth-order valence-electron chi connectivity index (χ4n) is 0. The number of primary amides is 2. The minimum Gasteiger partial charge on any atom is -0.465 e. The molecule has 0 fully saturated rings. The zero-order chi connectivity index (χ0) is 7.15. The van der Waals surface area contributed by atoms with E-state index < -0.39 is 6.09 Å². The van der Waals surface area contributed by atoms with E-state index in [-0.39, 0.29) is 5.91 Å². The van der Waals surface area contributed by atoms with Crippen LogP contribution in [-0.4, -0.2) is 17.1 Å². The van der Waals surface area contributed by atoms with Gasteiger partial charge in [0.15, 0.2) is 0 Å². The van der Waals surface area contributed by atoms with Gasteiger partial charge in [-0.1, -0.05) is 0 Å². The molecule has 0 saturated heterocycles. The lowest BCUT2D eigenvalue weighted by Gasteiger charge is -1.61. The Hall–Kier alpha value is -1.26. The molecule has 0 aliphatic heterocycles. The molecule has 0 aromatic carbocycles. The summed E-state index contributed by atoms with van der Waals surface area (Å²) in [5, 5.41) is 7.19. The topological polar surface area (TPSA) is 106 Å². The van der Waals surface area contributed by atoms with Gasteiger partial charge in [-0.15, -0.1) is 0 Å². The van der Waals surface area contributed by atoms with Gasteiger partial charge < -0.3 is 16.6 Å². The summed E-state index contributed by atoms with van der Waals surface area (Å²) in [7, 11) is 0. The first-order valence-electron chi connectivity index (χ1n) is 1.71. The van der Waals surface area contributed by atoms with Crippen molar-refractivity contribution in [1.82, 2.24) is 0 Å². The molecular formula is C3H8N2O3. The highest BCUT2D eigenvalue weighted by Crippen LogP contribution is 1.34. The van der Waals surface area contributed by atoms with Crippen LogP contribution < -0.4 is 11.5 Å². The molecule has 48 valence electrons. The van der Waals surface area contributed by atoms with Crippen molar-refractivity contribution >= 4 is 12.0 Å². The smallest absolute Gasteiger partial charge is 0.402 e. The molecule has 0 bridgehead atoms. The predicted octanol–water partition coefficient (Wildman–Crippen LogP) is -0.885. The van der Waals surface area contributed by atoms with E-state index in [1.807, 2.05) is 0 Å². The molecule has 0 saturated carbocycles. The summed E-state index contributed by atoms with van der Waals surface area (Å²) in [5.41, 5.74) is 8.50. The van der Waals surface area contributed by atoms with E-state index in [1.54, 1.807) is 0 Å². The Kier molecular flexibility index (Phi) is 7.09. The monoisotopic (exact) mass is 120 g/mol. The van der Waals surface area contributed by atoms with Gasteiger partial charge in [-0.25, -0.2) is 4.79 Å². The Morgan fingerprint density at radius 2 is 1.38 bits per heavy atom. The van der Waals surface area contributed by atoms with Crippen molar-refractivity contribution in [1.29, 1.82) is 0 Å². The maximum atomic E-state index is 9.22. The third kappa shape index (κ3) is 41.8. The second-order valence-corrected chi connectivity index (χ2v) is 0.949. The van der Waals surface area contributed by atoms with Crippen molar-refractivity contribution in [2.24, 2.45) is 11.5 Å². The Labute approximate surface area is 46.3 Å². The van der Waals surface area contributed by atoms with Gasteiger partial charge in [-0.05, 0) is 0 Å². The van der Waals surface area contributed by atoms with Crippen molar-refractivity contribution in [3.8, 4) is 0 Å². The highest BCUT2D eigenvalue weighted by atomic mass is 16.4. The Morgan fingerprint density at radius 3 is 1.38 bits per heavy atom. The quantitative estimate of drug-likeness (QED) is 0.386. The largest absolute Gasteiger partial charge is 0.465 e. The van der Waals surface area contributed by atoms with Crippen molar-refractivity contribution < 1.29 is 14.7 Å². The molecule has 0 aromatic heterocycles. The van der Waals surface area contributed by atoms with Crippen LogP contribution in [-0.2, 0) is 4.79 Å². The van der Waals surface area contributed by atoms with Gasteiger partial charge in [0.2, 0.25) is 5.91 Å². The maximum absolute atomic E-state index is 9.22. The van der Waals surface area contributed by atoms with Gasteiger partial charge in [0, 0.05) is 6.92 Å². The molecule has 0 unspecified atom stereocenters. The lowest BCUT2D eigenvalue weighted by Crippen LogP contribution is -2.03. The highest BCUT2D eigenvalue weighted by molar-refractivity contribution is 5.70. The summed E-state index contributed by atoms with van der Waals surface area (Å²) in [6.45, 7) is 1.31. The summed E-state index contributed by atoms with van der Waals surface area (Å²) in [6.07, 6.45) is -1.33. The normalized spacial score (nSPS) is 6.12. The molecule has 8 heavy (non-hydrogen) atoms. The molecule has 0 radical (unpaired) electrons. The fourth-order valence-corrected chi connectivity index (χ4v) is 0. The zero-order valence-corrected chi connectivity index (χ0v) is 4.42. The van der Waals surface area contributed by atoms with Crippen LogP contribution in [0.5, 0.6) is 0 Å². The summed E-state index contributed by atoms with van der Waals surface area (Å²) in [5.74, 6) is -0.333. The standard InChI is InChI=1S/C2H5NO.CH3NO2/c1-2(3)4;2-1(3)4/h1H3,(H2,3,4);2H2,(H,3,4). The lowest BCUT2D eigenvalue weighted by atomic mass is 10.8. The van der Waals surface area contributed by atoms with Crippen LogP contribution >= 0.6 is 0 Å². The van der Waals surface area contributed by atoms with Crippen molar-refractivity contribution in [3.63, 3.8) is 0 Å². The third-order valence-corrected chi connectivity index (χ3v) is 0. The average Bonchev–Trinajstić information content (AvgIpc) is 1.25. The van der Waals surface area contributed by atoms with Gasteiger partial charge in [-0.2, -0.15) is 0 Å². The molecule has 2 amide bonds. The van der Waals surface area contributed by atoms with Crippen molar-refractivity contribution in [2.45, 2.75) is 6.92 Å². The van der Waals surface area contributed by atoms with E-state index in [0.29, 0.717) is 0 Å². The first-order chi connectivity index (χ1) is 3.46. The highest BCUT2D eigenvalue weighted by Gasteiger charge is 1.65. The number of hydrogen-bond donors (Lipinski definition) is 3. The molecule has 0 spiro atoms. The number of carboxylic acid groups (broad SMARTS) is 1. The fraction of sp³-hybridized carbons (Fsp3) is 0.333. The summed E-state index contributed by atoms with van der Waals surface area (Å²) >= 11 is 0. The molecule has 5 N–H and O–H groups in total. The summed E-state index contributed by atoms with van der Waals surface area (Å²) in [4.78, 5) is 18.0. The van der Waals surface area contributed by atoms with Gasteiger partial charge in [0.25, 0.3) is 0 Å². The Morgan fingerprint density at radius 1 is 1.38 bits per heavy atom. The summed E-state index contributed by atoms with van der Waals surface area (Å²) in [6, 6.07) is 0. The second-order valence-electron chi connectivity index (χ2n) is 0.949. The molecule has 0 heterocycles. The summed E-state index contributed by atoms with van der Waals surface area (Å²) < 4.78 is 0. The van der Waals surface area contributed by atoms with E-state index in [2.05, 4.69) is 11.5 Å². The van der Waals surface area contributed by atoms with Crippen LogP contribution in [0, 0.1) is 0 Å². The first kappa shape index (κ1) is 9.88. The van der Waals surface area contributed by atoms with Gasteiger partial charge in [0.1, 0.15) is 0 Å². The van der Waals surface area contributed by atoms with Gasteiger partial charge in [-0.3, -0.25) is 4.79 Å². The molecule has 0 aliphatic rings. The zero-order valence-electron chi connectivity index (χ0n) is 4.42. The second kappa shape index (κ2) is 5.74. The van der Waals surface area contributed by atoms with Gasteiger partial charge >= 0.3 is 6.09 Å². The first-order valence-corrected chi connectivity index (χ1v) is 1.71. The van der Waals surface area contributed by atoms with E-state index in [4.69, 9.17) is 9.90 Å². The number of amides is 2. The van der Waals surface area contributed by atoms with E-state index in [0.717, 1.165) is 0 Å². The number of carbonyl (C=O) groups is 2. The van der Waals surface area contributed by atoms with Crippen molar-refractivity contribution in [2.75, 3.05) is 0 Å². The third-order valence-electron chi connectivity index (χ3n) is 0. The molecular weight excluding hydrogens is 112 g/mol. The lowest BCUT2D eigenvalue weighted by molar-refractivity contribution is -0.115. The van der Waals surface area contributed by atoms with E-state index in [9.17, 15) is 4.79 Å². The van der Waals surface area contributed by atoms with Crippen molar-refractivity contribution in [3.05, 3.63) is 0 Å². The number of hydrogen-bond acceptors (Lipinski definition) is 2. The van der Waals surface area contributed by atoms with Gasteiger partial charge in [0.05, 0.1) is 0 Å². The van der Waals surface area contributed by atoms with Crippen LogP contribution in [0.25, 0.3) is 0 Å². The minimum absolute atomic E-state index is 0.333. The SMILES string of the molecule is CC(N)=O.NC(=O)O. The maximum Gasteiger partial charge on any atom is 0.402 e.